The number of esters is 1. The highest BCUT2D eigenvalue weighted by Crippen LogP contribution is 2.42. The van der Waals surface area contributed by atoms with Crippen LogP contribution in [0.25, 0.3) is 16.0 Å². The van der Waals surface area contributed by atoms with Gasteiger partial charge in [-0.2, -0.15) is 5.10 Å². The maximum Gasteiger partial charge on any atom is 0.348 e. The highest BCUT2D eigenvalue weighted by molar-refractivity contribution is 7.17. The second-order valence-electron chi connectivity index (χ2n) is 12.0. The van der Waals surface area contributed by atoms with Crippen molar-refractivity contribution in [1.29, 1.82) is 0 Å². The molecule has 0 aliphatic carbocycles. The van der Waals surface area contributed by atoms with E-state index in [0.717, 1.165) is 62.3 Å². The van der Waals surface area contributed by atoms with Crippen LogP contribution in [0.5, 0.6) is 0 Å². The first-order valence-corrected chi connectivity index (χ1v) is 17.1. The molecule has 3 aliphatic heterocycles. The van der Waals surface area contributed by atoms with Crippen molar-refractivity contribution in [3.63, 3.8) is 0 Å². The van der Waals surface area contributed by atoms with Gasteiger partial charge in [0.25, 0.3) is 0 Å². The molecular formula is C37H48N6O3S. The Balaban J connectivity index is 0.000000206. The Bertz CT molecular complexity index is 1570. The van der Waals surface area contributed by atoms with Crippen molar-refractivity contribution >= 4 is 40.7 Å². The van der Waals surface area contributed by atoms with Crippen LogP contribution in [0.1, 0.15) is 70.7 Å². The van der Waals surface area contributed by atoms with Gasteiger partial charge in [0.15, 0.2) is 5.84 Å². The number of ether oxygens (including phenoxy) is 1. The van der Waals surface area contributed by atoms with Gasteiger partial charge in [-0.15, -0.1) is 17.9 Å². The molecule has 6 rings (SSSR count). The molecule has 250 valence electrons. The van der Waals surface area contributed by atoms with Crippen molar-refractivity contribution in [3.05, 3.63) is 94.9 Å². The summed E-state index contributed by atoms with van der Waals surface area (Å²) in [6.07, 6.45) is 10.8. The van der Waals surface area contributed by atoms with E-state index in [1.807, 2.05) is 49.4 Å². The summed E-state index contributed by atoms with van der Waals surface area (Å²) in [5, 5.41) is 4.59. The number of nitrogens with one attached hydrogen (secondary N) is 1. The van der Waals surface area contributed by atoms with E-state index >= 15 is 0 Å². The molecule has 0 bridgehead atoms. The monoisotopic (exact) mass is 656 g/mol. The molecule has 0 saturated carbocycles. The van der Waals surface area contributed by atoms with Gasteiger partial charge in [-0.05, 0) is 55.9 Å². The summed E-state index contributed by atoms with van der Waals surface area (Å²) in [6.45, 7) is 12.2. The first kappa shape index (κ1) is 35.6. The second kappa shape index (κ2) is 17.1. The lowest BCUT2D eigenvalue weighted by molar-refractivity contribution is 0.0413. The fraction of sp³-hybridized carbons (Fsp3) is 0.378. The molecule has 4 heterocycles. The number of thiophene rings is 1. The van der Waals surface area contributed by atoms with Gasteiger partial charge in [0.05, 0.1) is 13.2 Å². The van der Waals surface area contributed by atoms with Crippen LogP contribution in [0, 0.1) is 5.41 Å². The summed E-state index contributed by atoms with van der Waals surface area (Å²) in [5.41, 5.74) is 10.2. The van der Waals surface area contributed by atoms with Crippen LogP contribution < -0.4 is 22.0 Å². The number of fused-ring (bicyclic) bond motifs is 3. The zero-order chi connectivity index (χ0) is 33.8. The van der Waals surface area contributed by atoms with Gasteiger partial charge in [-0.25, -0.2) is 4.79 Å². The summed E-state index contributed by atoms with van der Waals surface area (Å²) in [6, 6.07) is 18.1. The molecule has 0 atom stereocenters. The van der Waals surface area contributed by atoms with E-state index in [4.69, 9.17) is 4.74 Å². The molecule has 0 radical (unpaired) electrons. The van der Waals surface area contributed by atoms with Gasteiger partial charge in [-0.3, -0.25) is 16.5 Å². The Labute approximate surface area is 282 Å². The van der Waals surface area contributed by atoms with Crippen molar-refractivity contribution < 1.29 is 14.3 Å². The standard InChI is InChI=1S/C21H27N3O.C16H17NO2S.H4N2/c1-3-5-12-21(11-4-2)15-24(16-21)20-19(10-13-22-23-20)18-8-6-17(14-25)7-9-18;1-3-19-16(18)14-10-11-8-9-17(2)13-7-5-4-6-12(13)15(11)20-14;1-2/h3,6-10,14,22H,1,4-5,11-13,15-16H2,2H3;4-7,10H,3,8-9H2,1-2H3;1-2H2. The highest BCUT2D eigenvalue weighted by Gasteiger charge is 2.43. The van der Waals surface area contributed by atoms with Crippen LogP contribution in [-0.4, -0.2) is 62.8 Å². The molecule has 2 aromatic carbocycles. The lowest BCUT2D eigenvalue weighted by Gasteiger charge is -2.52. The highest BCUT2D eigenvalue weighted by atomic mass is 32.1. The topological polar surface area (TPSA) is 126 Å². The second-order valence-corrected chi connectivity index (χ2v) is 13.0. The summed E-state index contributed by atoms with van der Waals surface area (Å²) in [5.74, 6) is 8.81. The number of para-hydroxylation sites is 1. The number of nitrogens with two attached hydrogens (primary N) is 2. The van der Waals surface area contributed by atoms with E-state index < -0.39 is 0 Å². The normalized spacial score (nSPS) is 15.7. The quantitative estimate of drug-likeness (QED) is 0.0809. The number of hydrazone groups is 1. The number of aldehydes is 1. The van der Waals surface area contributed by atoms with Crippen LogP contribution in [0.15, 0.2) is 78.4 Å². The number of carbonyl (C=O) groups excluding carboxylic acids is 2. The molecule has 47 heavy (non-hydrogen) atoms. The maximum atomic E-state index is 11.9. The molecule has 1 fully saturated rings. The van der Waals surface area contributed by atoms with Crippen LogP contribution in [0.2, 0.25) is 0 Å². The average molecular weight is 657 g/mol. The molecule has 9 nitrogen and oxygen atoms in total. The lowest BCUT2D eigenvalue weighted by atomic mass is 9.72. The average Bonchev–Trinajstić information content (AvgIpc) is 3.48. The summed E-state index contributed by atoms with van der Waals surface area (Å²) < 4.78 is 5.11. The van der Waals surface area contributed by atoms with Gasteiger partial charge >= 0.3 is 5.97 Å². The van der Waals surface area contributed by atoms with Gasteiger partial charge in [0.1, 0.15) is 11.2 Å². The van der Waals surface area contributed by atoms with Gasteiger partial charge in [0, 0.05) is 59.4 Å². The number of benzene rings is 2. The zero-order valence-corrected chi connectivity index (χ0v) is 28.7. The molecular weight excluding hydrogens is 609 g/mol. The predicted molar refractivity (Wildman–Crippen MR) is 195 cm³/mol. The maximum absolute atomic E-state index is 11.9. The molecule has 3 aliphatic rings. The van der Waals surface area contributed by atoms with Gasteiger partial charge in [-0.1, -0.05) is 68.0 Å². The zero-order valence-electron chi connectivity index (χ0n) is 27.8. The number of hydrazine groups is 1. The third-order valence-electron chi connectivity index (χ3n) is 8.75. The molecule has 0 unspecified atom stereocenters. The number of rotatable bonds is 9. The molecule has 10 heteroatoms. The molecule has 3 aromatic rings. The van der Waals surface area contributed by atoms with Gasteiger partial charge in [0.2, 0.25) is 0 Å². The molecule has 1 aromatic heterocycles. The molecule has 0 spiro atoms. The third kappa shape index (κ3) is 8.38. The minimum Gasteiger partial charge on any atom is -0.462 e. The van der Waals surface area contributed by atoms with Crippen LogP contribution in [0.4, 0.5) is 5.69 Å². The van der Waals surface area contributed by atoms with Gasteiger partial charge < -0.3 is 20.0 Å². The SMILES string of the molecule is C=CCCC1(CCC)CN(C2=NNCC=C2c2ccc(C=O)cc2)C1.CCOC(=O)c1cc2c(s1)-c1ccccc1N(C)CC2.NN. The van der Waals surface area contributed by atoms with E-state index in [1.165, 1.54) is 41.0 Å². The van der Waals surface area contributed by atoms with E-state index in [-0.39, 0.29) is 5.97 Å². The summed E-state index contributed by atoms with van der Waals surface area (Å²) >= 11 is 1.54. The third-order valence-corrected chi connectivity index (χ3v) is 9.95. The summed E-state index contributed by atoms with van der Waals surface area (Å²) in [7, 11) is 2.11. The molecule has 0 amide bonds. The van der Waals surface area contributed by atoms with Crippen LogP contribution in [0.3, 0.4) is 0 Å². The largest absolute Gasteiger partial charge is 0.462 e. The van der Waals surface area contributed by atoms with E-state index in [2.05, 4.69) is 76.8 Å². The van der Waals surface area contributed by atoms with Crippen molar-refractivity contribution in [2.75, 3.05) is 44.7 Å². The summed E-state index contributed by atoms with van der Waals surface area (Å²) in [4.78, 5) is 29.3. The number of likely N-dealkylation sites (tertiary alicyclic amines) is 1. The molecule has 1 saturated heterocycles. The Morgan fingerprint density at radius 1 is 1.13 bits per heavy atom. The number of amidine groups is 1. The first-order valence-electron chi connectivity index (χ1n) is 16.3. The van der Waals surface area contributed by atoms with Crippen molar-refractivity contribution in [2.45, 2.75) is 46.0 Å². The predicted octanol–water partition coefficient (Wildman–Crippen LogP) is 6.27. The minimum atomic E-state index is -0.212. The fourth-order valence-corrected chi connectivity index (χ4v) is 7.63. The van der Waals surface area contributed by atoms with Crippen LogP contribution in [-0.2, 0) is 11.2 Å². The number of hydrogen-bond acceptors (Lipinski definition) is 10. The molecule has 5 N–H and O–H groups in total. The smallest absolute Gasteiger partial charge is 0.348 e. The Hall–Kier alpha value is -4.25. The Morgan fingerprint density at radius 2 is 1.87 bits per heavy atom. The van der Waals surface area contributed by atoms with Crippen molar-refractivity contribution in [2.24, 2.45) is 22.2 Å². The number of hydrogen-bond donors (Lipinski definition) is 3. The lowest BCUT2D eigenvalue weighted by Crippen LogP contribution is -2.59. The van der Waals surface area contributed by atoms with E-state index in [0.29, 0.717) is 22.5 Å². The Kier molecular flexibility index (Phi) is 12.9. The first-order chi connectivity index (χ1) is 22.9. The van der Waals surface area contributed by atoms with Crippen LogP contribution >= 0.6 is 11.3 Å². The van der Waals surface area contributed by atoms with E-state index in [9.17, 15) is 9.59 Å². The minimum absolute atomic E-state index is 0.212. The number of nitrogens with zero attached hydrogens (tertiary/aromatic N) is 3. The number of anilines is 1. The number of allylic oxidation sites excluding steroid dienone is 1. The number of carbonyl (C=O) groups is 2. The number of likely N-dealkylation sites (N-methyl/N-ethyl adjacent to an activating group) is 1. The fourth-order valence-electron chi connectivity index (χ4n) is 6.49. The van der Waals surface area contributed by atoms with Crippen molar-refractivity contribution in [3.8, 4) is 10.4 Å². The van der Waals surface area contributed by atoms with Crippen molar-refractivity contribution in [1.82, 2.24) is 10.3 Å². The Morgan fingerprint density at radius 3 is 2.55 bits per heavy atom. The van der Waals surface area contributed by atoms with E-state index in [1.54, 1.807) is 11.3 Å².